The molecule has 9 heteroatoms. The first kappa shape index (κ1) is 29.2. The van der Waals surface area contributed by atoms with Crippen LogP contribution in [-0.2, 0) is 16.6 Å². The average molecular weight is 584 g/mol. The van der Waals surface area contributed by atoms with E-state index in [0.29, 0.717) is 35.4 Å². The summed E-state index contributed by atoms with van der Waals surface area (Å²) in [6.07, 6.45) is 0. The third-order valence-corrected chi connectivity index (χ3v) is 9.26. The number of rotatable bonds is 10. The highest BCUT2D eigenvalue weighted by Crippen LogP contribution is 2.34. The molecular formula is C30H34ClN3O3S2. The zero-order chi connectivity index (χ0) is 28.3. The number of nitrogens with zero attached hydrogens (tertiary/aromatic N) is 3. The Hall–Kier alpha value is -2.78. The van der Waals surface area contributed by atoms with Gasteiger partial charge in [-0.3, -0.25) is 9.69 Å². The van der Waals surface area contributed by atoms with Gasteiger partial charge in [0.2, 0.25) is 10.0 Å². The molecule has 0 saturated heterocycles. The lowest BCUT2D eigenvalue weighted by Crippen LogP contribution is -2.37. The largest absolute Gasteiger partial charge is 0.279 e. The summed E-state index contributed by atoms with van der Waals surface area (Å²) in [7, 11) is -3.70. The summed E-state index contributed by atoms with van der Waals surface area (Å²) in [6.45, 7) is 11.2. The second-order valence-corrected chi connectivity index (χ2v) is 14.0. The lowest BCUT2D eigenvalue weighted by molar-refractivity contribution is 0.0985. The molecule has 3 aromatic carbocycles. The second kappa shape index (κ2) is 12.2. The van der Waals surface area contributed by atoms with Crippen LogP contribution in [0.1, 0.15) is 49.2 Å². The van der Waals surface area contributed by atoms with Crippen molar-refractivity contribution in [1.29, 1.82) is 0 Å². The number of benzene rings is 3. The Morgan fingerprint density at radius 1 is 0.949 bits per heavy atom. The monoisotopic (exact) mass is 583 g/mol. The van der Waals surface area contributed by atoms with E-state index in [1.165, 1.54) is 27.8 Å². The van der Waals surface area contributed by atoms with Crippen LogP contribution >= 0.6 is 22.9 Å². The van der Waals surface area contributed by atoms with Crippen molar-refractivity contribution in [1.82, 2.24) is 9.29 Å². The Balaban J connectivity index is 1.69. The lowest BCUT2D eigenvalue weighted by atomic mass is 10.1. The van der Waals surface area contributed by atoms with Gasteiger partial charge in [0.25, 0.3) is 5.91 Å². The van der Waals surface area contributed by atoms with E-state index in [4.69, 9.17) is 16.6 Å². The van der Waals surface area contributed by atoms with Crippen molar-refractivity contribution in [2.75, 3.05) is 18.0 Å². The molecule has 4 rings (SSSR count). The third kappa shape index (κ3) is 6.87. The number of hydrogen-bond acceptors (Lipinski definition) is 5. The van der Waals surface area contributed by atoms with E-state index >= 15 is 0 Å². The number of anilines is 1. The SMILES string of the molecule is Cc1cc(Cl)cc2sc(N(Cc3ccccc3)C(=O)c3ccc(S(=O)(=O)N(CC(C)C)CC(C)C)cc3)nc12. The van der Waals surface area contributed by atoms with Crippen molar-refractivity contribution in [3.63, 3.8) is 0 Å². The molecular weight excluding hydrogens is 550 g/mol. The number of carbonyl (C=O) groups is 1. The number of aryl methyl sites for hydroxylation is 1. The summed E-state index contributed by atoms with van der Waals surface area (Å²) >= 11 is 7.68. The van der Waals surface area contributed by atoms with E-state index in [1.807, 2.05) is 77.1 Å². The number of fused-ring (bicyclic) bond motifs is 1. The smallest absolute Gasteiger partial charge is 0.260 e. The number of carbonyl (C=O) groups excluding carboxylic acids is 1. The first-order chi connectivity index (χ1) is 18.5. The van der Waals surface area contributed by atoms with Crippen LogP contribution < -0.4 is 4.90 Å². The summed E-state index contributed by atoms with van der Waals surface area (Å²) in [5.74, 6) is 0.128. The molecule has 0 radical (unpaired) electrons. The maximum atomic E-state index is 13.9. The molecule has 1 amide bonds. The quantitative estimate of drug-likeness (QED) is 0.195. The van der Waals surface area contributed by atoms with Crippen molar-refractivity contribution in [2.45, 2.75) is 46.1 Å². The molecule has 1 aromatic heterocycles. The molecule has 0 aliphatic rings. The fraction of sp³-hybridized carbons (Fsp3) is 0.333. The molecule has 1 heterocycles. The molecule has 4 aromatic rings. The van der Waals surface area contributed by atoms with Crippen LogP contribution in [0.25, 0.3) is 10.2 Å². The van der Waals surface area contributed by atoms with Crippen molar-refractivity contribution >= 4 is 54.2 Å². The lowest BCUT2D eigenvalue weighted by Gasteiger charge is -2.26. The van der Waals surface area contributed by atoms with E-state index in [9.17, 15) is 13.2 Å². The van der Waals surface area contributed by atoms with Gasteiger partial charge < -0.3 is 0 Å². The highest BCUT2D eigenvalue weighted by Gasteiger charge is 2.27. The highest BCUT2D eigenvalue weighted by molar-refractivity contribution is 7.89. The first-order valence-corrected chi connectivity index (χ1v) is 15.6. The first-order valence-electron chi connectivity index (χ1n) is 13.0. The zero-order valence-electron chi connectivity index (χ0n) is 22.9. The fourth-order valence-electron chi connectivity index (χ4n) is 4.41. The predicted octanol–water partition coefficient (Wildman–Crippen LogP) is 7.41. The van der Waals surface area contributed by atoms with Gasteiger partial charge in [0.05, 0.1) is 21.7 Å². The van der Waals surface area contributed by atoms with E-state index in [1.54, 1.807) is 17.0 Å². The fourth-order valence-corrected chi connectivity index (χ4v) is 7.60. The number of hydrogen-bond donors (Lipinski definition) is 0. The van der Waals surface area contributed by atoms with Crippen LogP contribution in [0.4, 0.5) is 5.13 Å². The molecule has 0 atom stereocenters. The zero-order valence-corrected chi connectivity index (χ0v) is 25.3. The molecule has 0 spiro atoms. The maximum absolute atomic E-state index is 13.9. The topological polar surface area (TPSA) is 70.6 Å². The van der Waals surface area contributed by atoms with Crippen LogP contribution in [0.3, 0.4) is 0 Å². The molecule has 0 aliphatic carbocycles. The van der Waals surface area contributed by atoms with E-state index in [0.717, 1.165) is 21.3 Å². The summed E-state index contributed by atoms with van der Waals surface area (Å²) in [6, 6.07) is 19.7. The minimum absolute atomic E-state index is 0.181. The normalized spacial score (nSPS) is 12.1. The van der Waals surface area contributed by atoms with Gasteiger partial charge in [-0.15, -0.1) is 0 Å². The van der Waals surface area contributed by atoms with Gasteiger partial charge >= 0.3 is 0 Å². The predicted molar refractivity (Wildman–Crippen MR) is 161 cm³/mol. The number of thiazole rings is 1. The number of aromatic nitrogens is 1. The summed E-state index contributed by atoms with van der Waals surface area (Å²) in [4.78, 5) is 20.5. The molecule has 0 bridgehead atoms. The third-order valence-electron chi connectivity index (χ3n) is 6.18. The van der Waals surface area contributed by atoms with Crippen LogP contribution in [-0.4, -0.2) is 36.7 Å². The number of amides is 1. The Labute approximate surface area is 240 Å². The summed E-state index contributed by atoms with van der Waals surface area (Å²) in [5.41, 5.74) is 3.09. The number of halogens is 1. The van der Waals surface area contributed by atoms with E-state index in [2.05, 4.69) is 0 Å². The van der Waals surface area contributed by atoms with Gasteiger partial charge in [0, 0.05) is 23.7 Å². The molecule has 0 unspecified atom stereocenters. The van der Waals surface area contributed by atoms with Gasteiger partial charge in [0.1, 0.15) is 0 Å². The molecule has 0 N–H and O–H groups in total. The summed E-state index contributed by atoms with van der Waals surface area (Å²) < 4.78 is 29.3. The minimum atomic E-state index is -3.70. The van der Waals surface area contributed by atoms with Crippen molar-refractivity contribution in [2.24, 2.45) is 11.8 Å². The standard InChI is InChI=1S/C30H34ClN3O3S2/c1-20(2)17-33(18-21(3)4)39(36,37)26-13-11-24(12-14-26)29(35)34(19-23-9-7-6-8-10-23)30-32-28-22(5)15-25(31)16-27(28)38-30/h6-16,20-21H,17-19H2,1-5H3. The van der Waals surface area contributed by atoms with E-state index in [-0.39, 0.29) is 22.6 Å². The Bertz CT molecular complexity index is 1540. The van der Waals surface area contributed by atoms with Crippen LogP contribution in [0, 0.1) is 18.8 Å². The molecule has 39 heavy (non-hydrogen) atoms. The van der Waals surface area contributed by atoms with Crippen molar-refractivity contribution in [3.8, 4) is 0 Å². The van der Waals surface area contributed by atoms with Crippen LogP contribution in [0.5, 0.6) is 0 Å². The Morgan fingerprint density at radius 2 is 1.56 bits per heavy atom. The average Bonchev–Trinajstić information content (AvgIpc) is 3.31. The van der Waals surface area contributed by atoms with Gasteiger partial charge in [-0.25, -0.2) is 13.4 Å². The van der Waals surface area contributed by atoms with Crippen LogP contribution in [0.2, 0.25) is 5.02 Å². The molecule has 0 aliphatic heterocycles. The minimum Gasteiger partial charge on any atom is -0.279 e. The van der Waals surface area contributed by atoms with Gasteiger partial charge in [-0.2, -0.15) is 4.31 Å². The second-order valence-electron chi connectivity index (χ2n) is 10.6. The molecule has 0 saturated carbocycles. The Morgan fingerprint density at radius 3 is 2.15 bits per heavy atom. The van der Waals surface area contributed by atoms with E-state index < -0.39 is 10.0 Å². The summed E-state index contributed by atoms with van der Waals surface area (Å²) in [5, 5.41) is 1.18. The van der Waals surface area contributed by atoms with Crippen molar-refractivity contribution in [3.05, 3.63) is 88.4 Å². The maximum Gasteiger partial charge on any atom is 0.260 e. The van der Waals surface area contributed by atoms with Gasteiger partial charge in [-0.05, 0) is 66.3 Å². The molecule has 0 fully saturated rings. The van der Waals surface area contributed by atoms with Gasteiger partial charge in [-0.1, -0.05) is 81.0 Å². The molecule has 6 nitrogen and oxygen atoms in total. The molecule has 206 valence electrons. The van der Waals surface area contributed by atoms with Gasteiger partial charge in [0.15, 0.2) is 5.13 Å². The van der Waals surface area contributed by atoms with Crippen LogP contribution in [0.15, 0.2) is 71.6 Å². The Kier molecular flexibility index (Phi) is 9.11. The number of sulfonamides is 1. The van der Waals surface area contributed by atoms with Crippen molar-refractivity contribution < 1.29 is 13.2 Å². The highest BCUT2D eigenvalue weighted by atomic mass is 35.5.